The number of hydrogen-bond donors (Lipinski definition) is 3. The smallest absolute Gasteiger partial charge is 0.293 e. The van der Waals surface area contributed by atoms with Crippen LogP contribution in [0.5, 0.6) is 11.5 Å². The van der Waals surface area contributed by atoms with E-state index in [1.54, 1.807) is 30.6 Å². The van der Waals surface area contributed by atoms with Crippen LogP contribution in [0, 0.1) is 16.0 Å². The minimum absolute atomic E-state index is 0.0122. The van der Waals surface area contributed by atoms with Gasteiger partial charge in [0.25, 0.3) is 21.6 Å². The minimum Gasteiger partial charge on any atom is -0.455 e. The summed E-state index contributed by atoms with van der Waals surface area (Å²) < 4.78 is 41.3. The molecule has 3 aliphatic heterocycles. The van der Waals surface area contributed by atoms with Gasteiger partial charge in [-0.15, -0.1) is 0 Å². The Kier molecular flexibility index (Phi) is 11.0. The maximum Gasteiger partial charge on any atom is 0.293 e. The molecule has 0 bridgehead atoms. The summed E-state index contributed by atoms with van der Waals surface area (Å²) in [7, 11) is -4.55. The standard InChI is InChI=1S/C47H51N7O7S/c55-47(51-62(58,59)38-14-16-42(44(24-38)54(56)57)49-25-30-18-21-52(27-30)36-28-60-29-36)41-15-11-33(23-45(41)61-37-22-34-17-19-48-46(34)50-26-37)31-9-12-35(13-10-31)53-20-3-6-43(53)40-5-2-1-4-39(40)32-7-8-32/h1-2,4-5,9,11,14-17,19,22-24,26,30,32,35-36,43,49H,3,6-8,10,12-13,18,20-21,25,27-29H2,(H,48,50)(H,51,55)/t30-,35?,43?/m1/s1. The summed E-state index contributed by atoms with van der Waals surface area (Å²) in [5, 5.41) is 16.2. The summed E-state index contributed by atoms with van der Waals surface area (Å²) in [6.07, 6.45) is 14.2. The van der Waals surface area contributed by atoms with Gasteiger partial charge >= 0.3 is 0 Å². The number of amides is 1. The lowest BCUT2D eigenvalue weighted by molar-refractivity contribution is -0.384. The Morgan fingerprint density at radius 2 is 1.82 bits per heavy atom. The molecule has 15 heteroatoms. The molecule has 1 saturated carbocycles. The molecule has 3 saturated heterocycles. The summed E-state index contributed by atoms with van der Waals surface area (Å²) in [5.74, 6) is 0.591. The number of benzene rings is 3. The highest BCUT2D eigenvalue weighted by Crippen LogP contribution is 2.47. The zero-order valence-corrected chi connectivity index (χ0v) is 35.3. The first kappa shape index (κ1) is 40.5. The number of rotatable bonds is 14. The average molecular weight is 858 g/mol. The van der Waals surface area contributed by atoms with Crippen LogP contribution in [0.3, 0.4) is 0 Å². The molecular formula is C47H51N7O7S. The summed E-state index contributed by atoms with van der Waals surface area (Å²) in [6, 6.07) is 22.8. The molecule has 322 valence electrons. The lowest BCUT2D eigenvalue weighted by Gasteiger charge is -2.36. The molecule has 5 aliphatic rings. The molecule has 2 aromatic heterocycles. The van der Waals surface area contributed by atoms with Crippen LogP contribution in [0.25, 0.3) is 16.6 Å². The third kappa shape index (κ3) is 8.33. The van der Waals surface area contributed by atoms with E-state index in [4.69, 9.17) is 9.47 Å². The molecule has 1 amide bonds. The highest BCUT2D eigenvalue weighted by Gasteiger charge is 2.37. The molecule has 3 aromatic carbocycles. The lowest BCUT2D eigenvalue weighted by Crippen LogP contribution is -2.48. The van der Waals surface area contributed by atoms with E-state index >= 15 is 0 Å². The first-order chi connectivity index (χ1) is 30.2. The summed E-state index contributed by atoms with van der Waals surface area (Å²) in [4.78, 5) is 37.8. The van der Waals surface area contributed by atoms with E-state index in [9.17, 15) is 23.3 Å². The molecule has 4 fully saturated rings. The number of ether oxygens (including phenoxy) is 2. The van der Waals surface area contributed by atoms with Crippen molar-refractivity contribution >= 4 is 43.9 Å². The number of H-pyrrole nitrogens is 1. The molecule has 0 spiro atoms. The molecule has 5 aromatic rings. The zero-order chi connectivity index (χ0) is 42.4. The van der Waals surface area contributed by atoms with E-state index in [0.717, 1.165) is 81.1 Å². The van der Waals surface area contributed by atoms with E-state index in [1.807, 2.05) is 12.1 Å². The van der Waals surface area contributed by atoms with Gasteiger partial charge < -0.3 is 19.8 Å². The molecule has 62 heavy (non-hydrogen) atoms. The predicted molar refractivity (Wildman–Crippen MR) is 236 cm³/mol. The monoisotopic (exact) mass is 857 g/mol. The van der Waals surface area contributed by atoms with Gasteiger partial charge in [0.2, 0.25) is 0 Å². The van der Waals surface area contributed by atoms with Crippen LogP contribution in [-0.2, 0) is 14.8 Å². The number of anilines is 1. The van der Waals surface area contributed by atoms with E-state index < -0.39 is 31.4 Å². The zero-order valence-electron chi connectivity index (χ0n) is 34.5. The van der Waals surface area contributed by atoms with Crippen LogP contribution >= 0.6 is 0 Å². The van der Waals surface area contributed by atoms with Crippen molar-refractivity contribution in [1.82, 2.24) is 24.5 Å². The van der Waals surface area contributed by atoms with Gasteiger partial charge in [-0.3, -0.25) is 24.7 Å². The fraction of sp³-hybridized carbons (Fsp3) is 0.404. The molecule has 2 unspecified atom stereocenters. The van der Waals surface area contributed by atoms with Crippen molar-refractivity contribution in [2.75, 3.05) is 44.7 Å². The van der Waals surface area contributed by atoms with E-state index in [2.05, 4.69) is 60.1 Å². The molecular weight excluding hydrogens is 807 g/mol. The number of pyridine rings is 1. The van der Waals surface area contributed by atoms with Crippen molar-refractivity contribution in [3.8, 4) is 11.5 Å². The fourth-order valence-corrected chi connectivity index (χ4v) is 10.9. The van der Waals surface area contributed by atoms with Crippen molar-refractivity contribution in [2.45, 2.75) is 80.3 Å². The molecule has 5 heterocycles. The van der Waals surface area contributed by atoms with Crippen LogP contribution in [-0.4, -0.2) is 90.5 Å². The molecule has 2 aliphatic carbocycles. The third-order valence-corrected chi connectivity index (χ3v) is 14.8. The average Bonchev–Trinajstić information content (AvgIpc) is 3.57. The number of likely N-dealkylation sites (tertiary alicyclic amines) is 2. The molecule has 10 rings (SSSR count). The number of allylic oxidation sites excluding steroid dienone is 1. The summed E-state index contributed by atoms with van der Waals surface area (Å²) in [6.45, 7) is 4.87. The van der Waals surface area contributed by atoms with Gasteiger partial charge in [-0.25, -0.2) is 18.1 Å². The Hall–Kier alpha value is -5.61. The van der Waals surface area contributed by atoms with Gasteiger partial charge in [0.1, 0.15) is 22.8 Å². The maximum absolute atomic E-state index is 14.0. The summed E-state index contributed by atoms with van der Waals surface area (Å²) in [5.41, 5.74) is 5.53. The number of sulfonamides is 1. The SMILES string of the molecule is O=C(NS(=O)(=O)c1ccc(NC[C@H]2CCN(C3COC3)C2)c([N+](=O)[O-])c1)c1ccc(C2=CCC(N3CCCC3c3ccccc3C3CC3)CC2)cc1Oc1cnc2[nH]ccc2c1. The second-order valence-corrected chi connectivity index (χ2v) is 19.1. The van der Waals surface area contributed by atoms with Crippen molar-refractivity contribution in [3.05, 3.63) is 124 Å². The van der Waals surface area contributed by atoms with Gasteiger partial charge in [-0.05, 0) is 135 Å². The van der Waals surface area contributed by atoms with Crippen LogP contribution in [0.15, 0.2) is 96.2 Å². The number of nitrogens with one attached hydrogen (secondary N) is 3. The van der Waals surface area contributed by atoms with Crippen LogP contribution in [0.2, 0.25) is 0 Å². The number of carbonyl (C=O) groups excluding carboxylic acids is 1. The van der Waals surface area contributed by atoms with E-state index in [-0.39, 0.29) is 22.9 Å². The maximum atomic E-state index is 14.0. The Morgan fingerprint density at radius 3 is 2.60 bits per heavy atom. The summed E-state index contributed by atoms with van der Waals surface area (Å²) >= 11 is 0. The Balaban J connectivity index is 0.870. The van der Waals surface area contributed by atoms with Gasteiger partial charge in [0, 0.05) is 42.8 Å². The lowest BCUT2D eigenvalue weighted by atomic mass is 9.88. The van der Waals surface area contributed by atoms with Gasteiger partial charge in [0.15, 0.2) is 0 Å². The highest BCUT2D eigenvalue weighted by atomic mass is 32.2. The van der Waals surface area contributed by atoms with Crippen molar-refractivity contribution < 1.29 is 27.6 Å². The normalized spacial score (nSPS) is 22.3. The Morgan fingerprint density at radius 1 is 0.968 bits per heavy atom. The molecule has 0 radical (unpaired) electrons. The topological polar surface area (TPSA) is 172 Å². The van der Waals surface area contributed by atoms with E-state index in [1.165, 1.54) is 48.9 Å². The molecule has 3 N–H and O–H groups in total. The predicted octanol–water partition coefficient (Wildman–Crippen LogP) is 8.17. The second-order valence-electron chi connectivity index (χ2n) is 17.4. The minimum atomic E-state index is -4.55. The number of nitrogens with zero attached hydrogens (tertiary/aromatic N) is 4. The number of nitro groups is 1. The fourth-order valence-electron chi connectivity index (χ4n) is 9.89. The Bertz CT molecular complexity index is 2660. The van der Waals surface area contributed by atoms with Gasteiger partial charge in [0.05, 0.1) is 40.8 Å². The molecule has 3 atom stereocenters. The van der Waals surface area contributed by atoms with Gasteiger partial charge in [-0.1, -0.05) is 36.4 Å². The number of aromatic amines is 1. The largest absolute Gasteiger partial charge is 0.455 e. The first-order valence-corrected chi connectivity index (χ1v) is 23.4. The van der Waals surface area contributed by atoms with Crippen LogP contribution in [0.4, 0.5) is 11.4 Å². The Labute approximate surface area is 360 Å². The number of carbonyl (C=O) groups is 1. The second kappa shape index (κ2) is 16.9. The van der Waals surface area contributed by atoms with Crippen molar-refractivity contribution in [3.63, 3.8) is 0 Å². The van der Waals surface area contributed by atoms with Crippen molar-refractivity contribution in [2.24, 2.45) is 5.92 Å². The molecule has 14 nitrogen and oxygen atoms in total. The van der Waals surface area contributed by atoms with Gasteiger partial charge in [-0.2, -0.15) is 0 Å². The number of hydrogen-bond acceptors (Lipinski definition) is 11. The number of aromatic nitrogens is 2. The van der Waals surface area contributed by atoms with E-state index in [0.29, 0.717) is 42.0 Å². The third-order valence-electron chi connectivity index (χ3n) is 13.5. The first-order valence-electron chi connectivity index (χ1n) is 21.9. The number of nitro benzene ring substituents is 1. The quantitative estimate of drug-likeness (QED) is 0.0727. The van der Waals surface area contributed by atoms with Crippen LogP contribution in [0.1, 0.15) is 90.4 Å². The number of fused-ring (bicyclic) bond motifs is 1. The van der Waals surface area contributed by atoms with Crippen LogP contribution < -0.4 is 14.8 Å². The van der Waals surface area contributed by atoms with Crippen molar-refractivity contribution in [1.29, 1.82) is 0 Å². The highest BCUT2D eigenvalue weighted by molar-refractivity contribution is 7.90.